The molecule has 1 aliphatic heterocycles. The number of nitrogens with one attached hydrogen (secondary N) is 3. The highest BCUT2D eigenvalue weighted by Gasteiger charge is 2.17. The van der Waals surface area contributed by atoms with Gasteiger partial charge in [-0.25, -0.2) is 0 Å². The Bertz CT molecular complexity index is 1290. The van der Waals surface area contributed by atoms with Crippen LogP contribution in [0.4, 0.5) is 11.4 Å². The van der Waals surface area contributed by atoms with Crippen LogP contribution in [0.2, 0.25) is 0 Å². The van der Waals surface area contributed by atoms with Gasteiger partial charge in [-0.2, -0.15) is 0 Å². The lowest BCUT2D eigenvalue weighted by Gasteiger charge is -2.16. The van der Waals surface area contributed by atoms with Gasteiger partial charge in [-0.05, 0) is 49.4 Å². The van der Waals surface area contributed by atoms with Crippen LogP contribution < -0.4 is 21.5 Å². The minimum atomic E-state index is -0.395. The van der Waals surface area contributed by atoms with Crippen LogP contribution in [0.1, 0.15) is 17.3 Å². The maximum absolute atomic E-state index is 12.9. The summed E-state index contributed by atoms with van der Waals surface area (Å²) in [4.78, 5) is 41.4. The average molecular weight is 427 g/mol. The molecule has 0 unspecified atom stereocenters. The normalized spacial score (nSPS) is 12.8. The molecule has 0 fully saturated rings. The van der Waals surface area contributed by atoms with E-state index in [4.69, 9.17) is 0 Å². The van der Waals surface area contributed by atoms with Gasteiger partial charge in [0.25, 0.3) is 17.4 Å². The standard InChI is InChI=1S/C24H21N5O3/c1-16-5-10-20(26-14-16)24(32)28-21-15-25-12-11-19(21)23(31)27-17-6-8-18(9-7-17)29-13-3-2-4-22(29)30/h2-13,15,26H,14H2,1H3,(H,27,31)(H,28,32). The topological polar surface area (TPSA) is 105 Å². The van der Waals surface area contributed by atoms with E-state index in [0.717, 1.165) is 5.57 Å². The van der Waals surface area contributed by atoms with E-state index in [1.807, 2.05) is 13.0 Å². The molecule has 1 aliphatic rings. The largest absolute Gasteiger partial charge is 0.377 e. The lowest BCUT2D eigenvalue weighted by Crippen LogP contribution is -2.29. The molecule has 3 N–H and O–H groups in total. The Balaban J connectivity index is 1.49. The van der Waals surface area contributed by atoms with Crippen molar-refractivity contribution in [3.63, 3.8) is 0 Å². The summed E-state index contributed by atoms with van der Waals surface area (Å²) < 4.78 is 1.51. The molecular formula is C24H21N5O3. The van der Waals surface area contributed by atoms with Crippen LogP contribution in [0.25, 0.3) is 5.69 Å². The zero-order chi connectivity index (χ0) is 22.5. The van der Waals surface area contributed by atoms with Crippen molar-refractivity contribution in [2.24, 2.45) is 0 Å². The third-order valence-corrected chi connectivity index (χ3v) is 4.88. The Labute approximate surface area is 184 Å². The molecule has 8 nitrogen and oxygen atoms in total. The number of nitrogens with zero attached hydrogens (tertiary/aromatic N) is 2. The molecule has 1 aromatic carbocycles. The fraction of sp³-hybridized carbons (Fsp3) is 0.0833. The van der Waals surface area contributed by atoms with Gasteiger partial charge in [0.05, 0.1) is 17.4 Å². The number of amides is 2. The summed E-state index contributed by atoms with van der Waals surface area (Å²) in [6.07, 6.45) is 8.16. The van der Waals surface area contributed by atoms with Gasteiger partial charge in [0.15, 0.2) is 0 Å². The van der Waals surface area contributed by atoms with Gasteiger partial charge in [0.2, 0.25) is 0 Å². The number of aromatic nitrogens is 2. The molecule has 0 bridgehead atoms. The molecule has 0 saturated heterocycles. The summed E-state index contributed by atoms with van der Waals surface area (Å²) in [6, 6.07) is 13.4. The number of pyridine rings is 2. The van der Waals surface area contributed by atoms with Crippen LogP contribution >= 0.6 is 0 Å². The molecule has 3 heterocycles. The monoisotopic (exact) mass is 427 g/mol. The molecule has 3 aromatic rings. The minimum absolute atomic E-state index is 0.144. The van der Waals surface area contributed by atoms with Gasteiger partial charge in [-0.1, -0.05) is 17.7 Å². The number of hydrogen-bond donors (Lipinski definition) is 3. The maximum atomic E-state index is 12.9. The maximum Gasteiger partial charge on any atom is 0.271 e. The zero-order valence-electron chi connectivity index (χ0n) is 17.3. The number of dihydropyridines is 1. The Kier molecular flexibility index (Phi) is 5.94. The average Bonchev–Trinajstić information content (AvgIpc) is 2.81. The number of allylic oxidation sites excluding steroid dienone is 2. The van der Waals surface area contributed by atoms with Crippen molar-refractivity contribution >= 4 is 23.2 Å². The van der Waals surface area contributed by atoms with Crippen LogP contribution in [0.3, 0.4) is 0 Å². The van der Waals surface area contributed by atoms with E-state index < -0.39 is 5.91 Å². The highest BCUT2D eigenvalue weighted by molar-refractivity contribution is 6.12. The summed E-state index contributed by atoms with van der Waals surface area (Å²) in [5, 5.41) is 8.58. The van der Waals surface area contributed by atoms with Crippen LogP contribution in [-0.2, 0) is 4.79 Å². The molecule has 0 radical (unpaired) electrons. The number of hydrogen-bond acceptors (Lipinski definition) is 5. The van der Waals surface area contributed by atoms with Crippen LogP contribution in [0.15, 0.2) is 95.3 Å². The van der Waals surface area contributed by atoms with Crippen molar-refractivity contribution in [2.75, 3.05) is 17.2 Å². The lowest BCUT2D eigenvalue weighted by molar-refractivity contribution is -0.113. The predicted molar refractivity (Wildman–Crippen MR) is 123 cm³/mol. The molecule has 4 rings (SSSR count). The number of anilines is 2. The quantitative estimate of drug-likeness (QED) is 0.581. The van der Waals surface area contributed by atoms with Gasteiger partial charge in [0.1, 0.15) is 5.70 Å². The third kappa shape index (κ3) is 4.65. The second-order valence-corrected chi connectivity index (χ2v) is 7.23. The highest BCUT2D eigenvalue weighted by Crippen LogP contribution is 2.18. The molecule has 160 valence electrons. The first-order valence-corrected chi connectivity index (χ1v) is 9.97. The summed E-state index contributed by atoms with van der Waals surface area (Å²) in [6.45, 7) is 2.55. The summed E-state index contributed by atoms with van der Waals surface area (Å²) in [5.74, 6) is -0.748. The van der Waals surface area contributed by atoms with Gasteiger partial charge in [0, 0.05) is 36.4 Å². The summed E-state index contributed by atoms with van der Waals surface area (Å²) >= 11 is 0. The lowest BCUT2D eigenvalue weighted by atomic mass is 10.1. The van der Waals surface area contributed by atoms with Gasteiger partial charge >= 0.3 is 0 Å². The van der Waals surface area contributed by atoms with E-state index in [1.54, 1.807) is 48.7 Å². The molecule has 0 aliphatic carbocycles. The molecule has 8 heteroatoms. The molecule has 2 aromatic heterocycles. The van der Waals surface area contributed by atoms with Gasteiger partial charge in [-0.15, -0.1) is 0 Å². The van der Waals surface area contributed by atoms with Crippen molar-refractivity contribution in [1.29, 1.82) is 0 Å². The first-order chi connectivity index (χ1) is 15.5. The SMILES string of the molecule is CC1=CC=C(C(=O)Nc2cnccc2C(=O)Nc2ccc(-n3ccccc3=O)cc2)NC1. The van der Waals surface area contributed by atoms with Gasteiger partial charge < -0.3 is 16.0 Å². The second kappa shape index (κ2) is 9.13. The van der Waals surface area contributed by atoms with E-state index in [1.165, 1.54) is 29.1 Å². The minimum Gasteiger partial charge on any atom is -0.377 e. The van der Waals surface area contributed by atoms with E-state index in [-0.39, 0.29) is 17.0 Å². The smallest absolute Gasteiger partial charge is 0.271 e. The van der Waals surface area contributed by atoms with Crippen LogP contribution in [0, 0.1) is 0 Å². The molecular weight excluding hydrogens is 406 g/mol. The summed E-state index contributed by atoms with van der Waals surface area (Å²) in [7, 11) is 0. The molecule has 2 amide bonds. The fourth-order valence-corrected chi connectivity index (χ4v) is 3.16. The Hall–Kier alpha value is -4.46. The highest BCUT2D eigenvalue weighted by atomic mass is 16.2. The Morgan fingerprint density at radius 1 is 1.00 bits per heavy atom. The van der Waals surface area contributed by atoms with Crippen molar-refractivity contribution in [1.82, 2.24) is 14.9 Å². The van der Waals surface area contributed by atoms with E-state index >= 15 is 0 Å². The van der Waals surface area contributed by atoms with Crippen molar-refractivity contribution in [2.45, 2.75) is 6.92 Å². The third-order valence-electron chi connectivity index (χ3n) is 4.88. The molecule has 0 saturated carbocycles. The van der Waals surface area contributed by atoms with E-state index in [9.17, 15) is 14.4 Å². The summed E-state index contributed by atoms with van der Waals surface area (Å²) in [5.41, 5.74) is 3.20. The van der Waals surface area contributed by atoms with Crippen molar-refractivity contribution < 1.29 is 9.59 Å². The molecule has 0 atom stereocenters. The van der Waals surface area contributed by atoms with Crippen molar-refractivity contribution in [3.05, 3.63) is 106 Å². The van der Waals surface area contributed by atoms with Gasteiger partial charge in [-0.3, -0.25) is 23.9 Å². The number of carbonyl (C=O) groups excluding carboxylic acids is 2. The van der Waals surface area contributed by atoms with Crippen LogP contribution in [-0.4, -0.2) is 27.9 Å². The second-order valence-electron chi connectivity index (χ2n) is 7.23. The van der Waals surface area contributed by atoms with Crippen LogP contribution in [0.5, 0.6) is 0 Å². The van der Waals surface area contributed by atoms with E-state index in [2.05, 4.69) is 20.9 Å². The molecule has 0 spiro atoms. The first-order valence-electron chi connectivity index (χ1n) is 9.97. The fourth-order valence-electron chi connectivity index (χ4n) is 3.16. The van der Waals surface area contributed by atoms with Crippen molar-refractivity contribution in [3.8, 4) is 5.69 Å². The number of rotatable bonds is 5. The Morgan fingerprint density at radius 3 is 2.53 bits per heavy atom. The molecule has 32 heavy (non-hydrogen) atoms. The van der Waals surface area contributed by atoms with E-state index in [0.29, 0.717) is 29.3 Å². The zero-order valence-corrected chi connectivity index (χ0v) is 17.3. The predicted octanol–water partition coefficient (Wildman–Crippen LogP) is 2.86. The number of benzene rings is 1. The number of carbonyl (C=O) groups is 2. The first kappa shape index (κ1) is 20.8. The Morgan fingerprint density at radius 2 is 1.81 bits per heavy atom.